The Morgan fingerprint density at radius 1 is 1.18 bits per heavy atom. The van der Waals surface area contributed by atoms with Gasteiger partial charge in [0.05, 0.1) is 29.8 Å². The van der Waals surface area contributed by atoms with Gasteiger partial charge in [-0.3, -0.25) is 9.71 Å². The fraction of sp³-hybridized carbons (Fsp3) is 0.158. The Bertz CT molecular complexity index is 1150. The van der Waals surface area contributed by atoms with Crippen molar-refractivity contribution in [3.63, 3.8) is 0 Å². The standard InChI is InChI=1S/C19H18BrN3O4S/c1-3-27-19(24)16-11-21-17-8-7-12(20)9-15(17)18(16)22-13-5-4-6-14(10-13)23-28(2,25)26/h4-11,23H,3H2,1-2H3,(H,21,22). The van der Waals surface area contributed by atoms with Crippen LogP contribution in [0, 0.1) is 0 Å². The number of carbonyl (C=O) groups excluding carboxylic acids is 1. The summed E-state index contributed by atoms with van der Waals surface area (Å²) in [6, 6.07) is 12.3. The van der Waals surface area contributed by atoms with E-state index in [1.165, 1.54) is 6.20 Å². The van der Waals surface area contributed by atoms with E-state index in [2.05, 4.69) is 31.0 Å². The predicted molar refractivity (Wildman–Crippen MR) is 114 cm³/mol. The van der Waals surface area contributed by atoms with E-state index in [9.17, 15) is 13.2 Å². The Morgan fingerprint density at radius 2 is 1.93 bits per heavy atom. The van der Waals surface area contributed by atoms with Crippen molar-refractivity contribution < 1.29 is 17.9 Å². The van der Waals surface area contributed by atoms with Gasteiger partial charge in [0, 0.05) is 21.7 Å². The Labute approximate surface area is 171 Å². The zero-order valence-corrected chi connectivity index (χ0v) is 17.6. The van der Waals surface area contributed by atoms with E-state index in [-0.39, 0.29) is 12.2 Å². The second kappa shape index (κ2) is 8.15. The van der Waals surface area contributed by atoms with Gasteiger partial charge >= 0.3 is 5.97 Å². The van der Waals surface area contributed by atoms with Crippen molar-refractivity contribution in [3.05, 3.63) is 58.7 Å². The number of hydrogen-bond donors (Lipinski definition) is 2. The molecule has 0 aliphatic heterocycles. The summed E-state index contributed by atoms with van der Waals surface area (Å²) >= 11 is 3.44. The summed E-state index contributed by atoms with van der Waals surface area (Å²) in [6.45, 7) is 1.97. The van der Waals surface area contributed by atoms with E-state index >= 15 is 0 Å². The smallest absolute Gasteiger partial charge is 0.341 e. The number of esters is 1. The van der Waals surface area contributed by atoms with E-state index in [0.29, 0.717) is 22.6 Å². The van der Waals surface area contributed by atoms with Crippen molar-refractivity contribution >= 4 is 59.9 Å². The van der Waals surface area contributed by atoms with Crippen LogP contribution in [0.5, 0.6) is 0 Å². The van der Waals surface area contributed by atoms with E-state index in [4.69, 9.17) is 4.74 Å². The first-order valence-corrected chi connectivity index (χ1v) is 11.1. The molecule has 1 heterocycles. The number of aromatic nitrogens is 1. The number of benzene rings is 2. The highest BCUT2D eigenvalue weighted by molar-refractivity contribution is 9.10. The molecular weight excluding hydrogens is 446 g/mol. The molecule has 28 heavy (non-hydrogen) atoms. The van der Waals surface area contributed by atoms with Gasteiger partial charge in [-0.05, 0) is 43.3 Å². The van der Waals surface area contributed by atoms with Crippen LogP contribution in [0.1, 0.15) is 17.3 Å². The van der Waals surface area contributed by atoms with E-state index < -0.39 is 16.0 Å². The van der Waals surface area contributed by atoms with Crippen LogP contribution in [0.4, 0.5) is 17.1 Å². The molecule has 146 valence electrons. The minimum atomic E-state index is -3.40. The van der Waals surface area contributed by atoms with Crippen molar-refractivity contribution in [1.29, 1.82) is 0 Å². The van der Waals surface area contributed by atoms with Gasteiger partial charge in [-0.25, -0.2) is 13.2 Å². The van der Waals surface area contributed by atoms with Crippen LogP contribution in [-0.2, 0) is 14.8 Å². The van der Waals surface area contributed by atoms with Crippen molar-refractivity contribution in [2.45, 2.75) is 6.92 Å². The zero-order valence-electron chi connectivity index (χ0n) is 15.2. The van der Waals surface area contributed by atoms with Gasteiger partial charge in [-0.15, -0.1) is 0 Å². The van der Waals surface area contributed by atoms with Gasteiger partial charge in [0.2, 0.25) is 10.0 Å². The lowest BCUT2D eigenvalue weighted by Gasteiger charge is -2.15. The average Bonchev–Trinajstić information content (AvgIpc) is 2.61. The summed E-state index contributed by atoms with van der Waals surface area (Å²) in [5, 5.41) is 3.94. The minimum Gasteiger partial charge on any atom is -0.462 e. The third-order valence-electron chi connectivity index (χ3n) is 3.76. The number of nitrogens with one attached hydrogen (secondary N) is 2. The number of anilines is 3. The fourth-order valence-electron chi connectivity index (χ4n) is 2.68. The van der Waals surface area contributed by atoms with Crippen LogP contribution in [0.3, 0.4) is 0 Å². The normalized spacial score (nSPS) is 11.2. The number of pyridine rings is 1. The maximum atomic E-state index is 12.4. The summed E-state index contributed by atoms with van der Waals surface area (Å²) in [4.78, 5) is 16.8. The highest BCUT2D eigenvalue weighted by atomic mass is 79.9. The number of fused-ring (bicyclic) bond motifs is 1. The second-order valence-electron chi connectivity index (χ2n) is 6.01. The molecule has 0 aliphatic carbocycles. The molecule has 0 unspecified atom stereocenters. The fourth-order valence-corrected chi connectivity index (χ4v) is 3.60. The summed E-state index contributed by atoms with van der Waals surface area (Å²) in [5.74, 6) is -0.496. The van der Waals surface area contributed by atoms with Crippen LogP contribution in [0.25, 0.3) is 10.9 Å². The Morgan fingerprint density at radius 3 is 2.64 bits per heavy atom. The summed E-state index contributed by atoms with van der Waals surface area (Å²) < 4.78 is 31.4. The Hall–Kier alpha value is -2.65. The third kappa shape index (κ3) is 4.79. The molecule has 0 aliphatic rings. The Balaban J connectivity index is 2.10. The molecule has 0 bridgehead atoms. The molecule has 3 aromatic rings. The van der Waals surface area contributed by atoms with Crippen molar-refractivity contribution in [1.82, 2.24) is 4.98 Å². The van der Waals surface area contributed by atoms with Crippen LogP contribution >= 0.6 is 15.9 Å². The van der Waals surface area contributed by atoms with Crippen LogP contribution in [-0.4, -0.2) is 32.2 Å². The Kier molecular flexibility index (Phi) is 5.85. The first-order chi connectivity index (χ1) is 13.3. The lowest BCUT2D eigenvalue weighted by molar-refractivity contribution is 0.0527. The van der Waals surface area contributed by atoms with E-state index in [1.54, 1.807) is 31.2 Å². The predicted octanol–water partition coefficient (Wildman–Crippen LogP) is 4.29. The minimum absolute atomic E-state index is 0.239. The first kappa shape index (κ1) is 20.1. The molecule has 1 aromatic heterocycles. The van der Waals surface area contributed by atoms with Gasteiger partial charge < -0.3 is 10.1 Å². The van der Waals surface area contributed by atoms with Gasteiger partial charge in [0.25, 0.3) is 0 Å². The van der Waals surface area contributed by atoms with Crippen molar-refractivity contribution in [3.8, 4) is 0 Å². The van der Waals surface area contributed by atoms with Crippen molar-refractivity contribution in [2.24, 2.45) is 0 Å². The van der Waals surface area contributed by atoms with Gasteiger partial charge in [0.1, 0.15) is 5.56 Å². The van der Waals surface area contributed by atoms with Crippen LogP contribution in [0.2, 0.25) is 0 Å². The van der Waals surface area contributed by atoms with Crippen molar-refractivity contribution in [2.75, 3.05) is 22.9 Å². The maximum absolute atomic E-state index is 12.4. The molecule has 9 heteroatoms. The largest absolute Gasteiger partial charge is 0.462 e. The molecule has 3 rings (SSSR count). The lowest BCUT2D eigenvalue weighted by Crippen LogP contribution is -2.10. The number of ether oxygens (including phenoxy) is 1. The first-order valence-electron chi connectivity index (χ1n) is 8.37. The second-order valence-corrected chi connectivity index (χ2v) is 8.67. The molecule has 0 saturated carbocycles. The quantitative estimate of drug-likeness (QED) is 0.529. The van der Waals surface area contributed by atoms with Gasteiger partial charge in [-0.2, -0.15) is 0 Å². The number of carbonyl (C=O) groups is 1. The molecule has 0 radical (unpaired) electrons. The number of nitrogens with zero attached hydrogens (tertiary/aromatic N) is 1. The molecule has 2 aromatic carbocycles. The summed E-state index contributed by atoms with van der Waals surface area (Å²) in [6.07, 6.45) is 2.55. The highest BCUT2D eigenvalue weighted by Crippen LogP contribution is 2.32. The van der Waals surface area contributed by atoms with Gasteiger partial charge in [0.15, 0.2) is 0 Å². The lowest BCUT2D eigenvalue weighted by atomic mass is 10.1. The number of halogens is 1. The van der Waals surface area contributed by atoms with E-state index in [0.717, 1.165) is 16.1 Å². The molecule has 0 fully saturated rings. The molecule has 0 saturated heterocycles. The zero-order chi connectivity index (χ0) is 20.3. The van der Waals surface area contributed by atoms with E-state index in [1.807, 2.05) is 18.2 Å². The molecule has 2 N–H and O–H groups in total. The monoisotopic (exact) mass is 463 g/mol. The number of hydrogen-bond acceptors (Lipinski definition) is 6. The maximum Gasteiger partial charge on any atom is 0.341 e. The molecular formula is C19H18BrN3O4S. The van der Waals surface area contributed by atoms with Crippen LogP contribution < -0.4 is 10.0 Å². The summed E-state index contributed by atoms with van der Waals surface area (Å²) in [5.41, 5.74) is 2.52. The average molecular weight is 464 g/mol. The highest BCUT2D eigenvalue weighted by Gasteiger charge is 2.17. The molecule has 0 amide bonds. The third-order valence-corrected chi connectivity index (χ3v) is 4.86. The molecule has 0 atom stereocenters. The topological polar surface area (TPSA) is 97.4 Å². The number of rotatable bonds is 6. The summed E-state index contributed by atoms with van der Waals surface area (Å²) in [7, 11) is -3.40. The molecule has 7 nitrogen and oxygen atoms in total. The molecule has 0 spiro atoms. The SMILES string of the molecule is CCOC(=O)c1cnc2ccc(Br)cc2c1Nc1cccc(NS(C)(=O)=O)c1. The van der Waals surface area contributed by atoms with Crippen LogP contribution in [0.15, 0.2) is 53.1 Å². The van der Waals surface area contributed by atoms with Gasteiger partial charge in [-0.1, -0.05) is 22.0 Å². The number of sulfonamides is 1.